The summed E-state index contributed by atoms with van der Waals surface area (Å²) in [6.45, 7) is 2.35. The van der Waals surface area contributed by atoms with Gasteiger partial charge in [-0.3, -0.25) is 14.5 Å². The lowest BCUT2D eigenvalue weighted by molar-refractivity contribution is -0.134. The maximum absolute atomic E-state index is 13.0. The van der Waals surface area contributed by atoms with E-state index >= 15 is 0 Å². The van der Waals surface area contributed by atoms with Crippen LogP contribution in [0.2, 0.25) is 0 Å². The van der Waals surface area contributed by atoms with E-state index in [9.17, 15) is 14.7 Å². The number of methoxy groups -OCH3 is 1. The van der Waals surface area contributed by atoms with Crippen LogP contribution in [-0.2, 0) is 22.6 Å². The molecule has 7 heteroatoms. The molecule has 0 radical (unpaired) electrons. The van der Waals surface area contributed by atoms with Gasteiger partial charge in [0, 0.05) is 38.6 Å². The lowest BCUT2D eigenvalue weighted by Gasteiger charge is -2.39. The highest BCUT2D eigenvalue weighted by atomic mass is 16.5. The predicted octanol–water partition coefficient (Wildman–Crippen LogP) is 2.76. The number of likely N-dealkylation sites (tertiary alicyclic amines) is 2. The number of nitrogens with zero attached hydrogens (tertiary/aromatic N) is 2. The zero-order valence-corrected chi connectivity index (χ0v) is 20.6. The second kappa shape index (κ2) is 12.2. The fourth-order valence-corrected chi connectivity index (χ4v) is 5.28. The molecule has 2 aromatic rings. The quantitative estimate of drug-likeness (QED) is 0.578. The smallest absolute Gasteiger partial charge is 0.237 e. The van der Waals surface area contributed by atoms with Gasteiger partial charge in [-0.2, -0.15) is 0 Å². The highest BCUT2D eigenvalue weighted by Crippen LogP contribution is 2.27. The van der Waals surface area contributed by atoms with Crippen molar-refractivity contribution in [3.8, 4) is 5.75 Å². The van der Waals surface area contributed by atoms with Gasteiger partial charge in [-0.15, -0.1) is 0 Å². The van der Waals surface area contributed by atoms with Gasteiger partial charge in [0.2, 0.25) is 11.8 Å². The molecule has 4 rings (SSSR count). The minimum absolute atomic E-state index is 0.0520. The van der Waals surface area contributed by atoms with Crippen LogP contribution in [0, 0.1) is 0 Å². The van der Waals surface area contributed by atoms with Crippen LogP contribution in [0.3, 0.4) is 0 Å². The molecule has 7 nitrogen and oxygen atoms in total. The molecule has 0 aromatic heterocycles. The maximum atomic E-state index is 13.0. The van der Waals surface area contributed by atoms with E-state index in [0.29, 0.717) is 39.0 Å². The Bertz CT molecular complexity index is 975. The first kappa shape index (κ1) is 25.2. The lowest BCUT2D eigenvalue weighted by Crippen LogP contribution is -2.52. The van der Waals surface area contributed by atoms with Crippen LogP contribution in [0.15, 0.2) is 54.6 Å². The summed E-state index contributed by atoms with van der Waals surface area (Å²) in [5, 5.41) is 13.4. The molecule has 0 bridgehead atoms. The SMILES string of the molecule is COc1cccc(CNC(=O)C2CC(O)CN2C2CCN(C(=O)CCCc3ccccc3)CC2)c1. The van der Waals surface area contributed by atoms with Crippen molar-refractivity contribution in [2.24, 2.45) is 0 Å². The molecule has 0 spiro atoms. The third kappa shape index (κ3) is 6.83. The monoisotopic (exact) mass is 479 g/mol. The number of ether oxygens (including phenoxy) is 1. The van der Waals surface area contributed by atoms with Crippen LogP contribution >= 0.6 is 0 Å². The summed E-state index contributed by atoms with van der Waals surface area (Å²) >= 11 is 0. The Kier molecular flexibility index (Phi) is 8.77. The highest BCUT2D eigenvalue weighted by molar-refractivity contribution is 5.82. The molecular formula is C28H37N3O4. The number of nitrogens with one attached hydrogen (secondary N) is 1. The number of aliphatic hydroxyl groups is 1. The zero-order valence-electron chi connectivity index (χ0n) is 20.6. The third-order valence-electron chi connectivity index (χ3n) is 7.21. The van der Waals surface area contributed by atoms with Gasteiger partial charge in [-0.1, -0.05) is 42.5 Å². The number of β-amino-alcohol motifs (C(OH)–C–C–N with tert-alkyl or cyclic N) is 1. The molecule has 2 fully saturated rings. The third-order valence-corrected chi connectivity index (χ3v) is 7.21. The van der Waals surface area contributed by atoms with Gasteiger partial charge in [0.15, 0.2) is 0 Å². The predicted molar refractivity (Wildman–Crippen MR) is 135 cm³/mol. The van der Waals surface area contributed by atoms with Gasteiger partial charge in [-0.25, -0.2) is 0 Å². The minimum atomic E-state index is -0.500. The second-order valence-corrected chi connectivity index (χ2v) is 9.62. The number of piperidine rings is 1. The number of benzene rings is 2. The van der Waals surface area contributed by atoms with Gasteiger partial charge in [-0.05, 0) is 55.4 Å². The number of aliphatic hydroxyl groups excluding tert-OH is 1. The number of amides is 2. The van der Waals surface area contributed by atoms with Gasteiger partial charge < -0.3 is 20.1 Å². The van der Waals surface area contributed by atoms with E-state index in [1.807, 2.05) is 47.4 Å². The minimum Gasteiger partial charge on any atom is -0.497 e. The summed E-state index contributed by atoms with van der Waals surface area (Å²) in [6, 6.07) is 17.8. The van der Waals surface area contributed by atoms with Crippen LogP contribution in [0.1, 0.15) is 43.2 Å². The normalized spacial score (nSPS) is 21.1. The first-order valence-corrected chi connectivity index (χ1v) is 12.7. The van der Waals surface area contributed by atoms with E-state index in [1.54, 1.807) is 7.11 Å². The van der Waals surface area contributed by atoms with Crippen molar-refractivity contribution >= 4 is 11.8 Å². The number of hydrogen-bond donors (Lipinski definition) is 2. The van der Waals surface area contributed by atoms with Crippen molar-refractivity contribution in [1.82, 2.24) is 15.1 Å². The molecule has 2 N–H and O–H groups in total. The lowest BCUT2D eigenvalue weighted by atomic mass is 10.0. The molecular weight excluding hydrogens is 442 g/mol. The van der Waals surface area contributed by atoms with E-state index in [4.69, 9.17) is 4.74 Å². The Hall–Kier alpha value is -2.90. The molecule has 0 saturated carbocycles. The summed E-state index contributed by atoms with van der Waals surface area (Å²) in [6.07, 6.45) is 3.95. The Morgan fingerprint density at radius 3 is 2.54 bits per heavy atom. The molecule has 2 saturated heterocycles. The summed E-state index contributed by atoms with van der Waals surface area (Å²) in [7, 11) is 1.62. The average molecular weight is 480 g/mol. The van der Waals surface area contributed by atoms with Crippen molar-refractivity contribution in [2.45, 2.75) is 63.3 Å². The van der Waals surface area contributed by atoms with Crippen LogP contribution in [0.25, 0.3) is 0 Å². The fraction of sp³-hybridized carbons (Fsp3) is 0.500. The Morgan fingerprint density at radius 2 is 1.80 bits per heavy atom. The molecule has 35 heavy (non-hydrogen) atoms. The molecule has 188 valence electrons. The Morgan fingerprint density at radius 1 is 1.06 bits per heavy atom. The van der Waals surface area contributed by atoms with E-state index in [-0.39, 0.29) is 23.9 Å². The molecule has 2 atom stereocenters. The van der Waals surface area contributed by atoms with Gasteiger partial charge in [0.05, 0.1) is 19.3 Å². The van der Waals surface area contributed by atoms with Crippen molar-refractivity contribution in [2.75, 3.05) is 26.7 Å². The standard InChI is InChI=1S/C28H37N3O4/c1-35-25-11-5-10-22(17-25)19-29-28(34)26-18-24(32)20-31(26)23-13-15-30(16-14-23)27(33)12-6-9-21-7-3-2-4-8-21/h2-5,7-8,10-11,17,23-24,26,32H,6,9,12-16,18-20H2,1H3,(H,29,34). The van der Waals surface area contributed by atoms with Crippen LogP contribution in [0.5, 0.6) is 5.75 Å². The molecule has 2 amide bonds. The fourth-order valence-electron chi connectivity index (χ4n) is 5.28. The van der Waals surface area contributed by atoms with Crippen LogP contribution in [-0.4, -0.2) is 71.7 Å². The Balaban J connectivity index is 1.24. The van der Waals surface area contributed by atoms with Crippen molar-refractivity contribution in [3.05, 3.63) is 65.7 Å². The number of carbonyl (C=O) groups excluding carboxylic acids is 2. The summed E-state index contributed by atoms with van der Waals surface area (Å²) < 4.78 is 5.26. The largest absolute Gasteiger partial charge is 0.497 e. The van der Waals surface area contributed by atoms with Gasteiger partial charge >= 0.3 is 0 Å². The van der Waals surface area contributed by atoms with E-state index < -0.39 is 6.10 Å². The molecule has 2 aliphatic rings. The molecule has 2 aliphatic heterocycles. The van der Waals surface area contributed by atoms with E-state index in [2.05, 4.69) is 22.3 Å². The number of aryl methyl sites for hydroxylation is 1. The zero-order chi connectivity index (χ0) is 24.6. The van der Waals surface area contributed by atoms with Crippen molar-refractivity contribution in [3.63, 3.8) is 0 Å². The topological polar surface area (TPSA) is 82.1 Å². The summed E-state index contributed by atoms with van der Waals surface area (Å²) in [4.78, 5) is 29.8. The molecule has 0 aliphatic carbocycles. The van der Waals surface area contributed by atoms with Gasteiger partial charge in [0.25, 0.3) is 0 Å². The van der Waals surface area contributed by atoms with E-state index in [0.717, 1.165) is 37.0 Å². The summed E-state index contributed by atoms with van der Waals surface area (Å²) in [5.41, 5.74) is 2.24. The summed E-state index contributed by atoms with van der Waals surface area (Å²) in [5.74, 6) is 0.924. The van der Waals surface area contributed by atoms with E-state index in [1.165, 1.54) is 5.56 Å². The molecule has 2 unspecified atom stereocenters. The molecule has 2 aromatic carbocycles. The molecule has 2 heterocycles. The van der Waals surface area contributed by atoms with Gasteiger partial charge in [0.1, 0.15) is 5.75 Å². The average Bonchev–Trinajstić information content (AvgIpc) is 3.29. The second-order valence-electron chi connectivity index (χ2n) is 9.62. The first-order chi connectivity index (χ1) is 17.0. The highest BCUT2D eigenvalue weighted by Gasteiger charge is 2.40. The van der Waals surface area contributed by atoms with Crippen molar-refractivity contribution in [1.29, 1.82) is 0 Å². The van der Waals surface area contributed by atoms with Crippen LogP contribution in [0.4, 0.5) is 0 Å². The Labute approximate surface area is 208 Å². The number of hydrogen-bond acceptors (Lipinski definition) is 5. The number of carbonyl (C=O) groups is 2. The van der Waals surface area contributed by atoms with Crippen molar-refractivity contribution < 1.29 is 19.4 Å². The first-order valence-electron chi connectivity index (χ1n) is 12.7. The number of rotatable bonds is 9. The van der Waals surface area contributed by atoms with Crippen LogP contribution < -0.4 is 10.1 Å². The maximum Gasteiger partial charge on any atom is 0.237 e.